The first-order valence-corrected chi connectivity index (χ1v) is 12.2. The highest BCUT2D eigenvalue weighted by molar-refractivity contribution is 7.60. The van der Waals surface area contributed by atoms with E-state index in [0.29, 0.717) is 22.0 Å². The average molecular weight is 483 g/mol. The summed E-state index contributed by atoms with van der Waals surface area (Å²) >= 11 is 1.04. The molecule has 16 heteroatoms. The number of aromatic nitrogens is 3. The predicted molar refractivity (Wildman–Crippen MR) is 104 cm³/mol. The Balaban J connectivity index is 2.24. The number of carbonyl (C=O) groups excluding carboxylic acids is 1. The molecule has 0 saturated heterocycles. The number of hydrogen-bond acceptors (Lipinski definition) is 10. The van der Waals surface area contributed by atoms with Crippen molar-refractivity contribution in [2.24, 2.45) is 0 Å². The quantitative estimate of drug-likeness (QED) is 0.172. The lowest BCUT2D eigenvalue weighted by atomic mass is 10.2. The lowest BCUT2D eigenvalue weighted by Gasteiger charge is -2.11. The van der Waals surface area contributed by atoms with E-state index in [0.717, 1.165) is 11.3 Å². The van der Waals surface area contributed by atoms with Gasteiger partial charge in [0.15, 0.2) is 12.2 Å². The summed E-state index contributed by atoms with van der Waals surface area (Å²) in [6.07, 6.45) is 1.56. The van der Waals surface area contributed by atoms with Crippen molar-refractivity contribution in [3.63, 3.8) is 0 Å². The van der Waals surface area contributed by atoms with Crippen LogP contribution in [0, 0.1) is 13.8 Å². The number of aliphatic hydroxyl groups excluding tert-OH is 1. The number of nitrogens with two attached hydrogens (primary N) is 1. The van der Waals surface area contributed by atoms with Crippen LogP contribution >= 0.6 is 27.0 Å². The fraction of sp³-hybridized carbons (Fsp3) is 0.429. The van der Waals surface area contributed by atoms with E-state index in [1.165, 1.54) is 6.20 Å². The topological polar surface area (TPSA) is 206 Å². The van der Waals surface area contributed by atoms with Crippen LogP contribution in [0.3, 0.4) is 0 Å². The lowest BCUT2D eigenvalue weighted by molar-refractivity contribution is -0.691. The zero-order chi connectivity index (χ0) is 22.7. The van der Waals surface area contributed by atoms with Gasteiger partial charge in [0.2, 0.25) is 0 Å². The summed E-state index contributed by atoms with van der Waals surface area (Å²) in [7, 11) is -10.2. The van der Waals surface area contributed by atoms with Gasteiger partial charge < -0.3 is 25.5 Å². The number of aliphatic hydroxyl groups is 1. The van der Waals surface area contributed by atoms with Crippen LogP contribution in [-0.4, -0.2) is 48.8 Å². The van der Waals surface area contributed by atoms with Crippen LogP contribution in [0.2, 0.25) is 0 Å². The van der Waals surface area contributed by atoms with Gasteiger partial charge in [-0.1, -0.05) is 11.3 Å². The minimum atomic E-state index is -5.21. The molecule has 13 nitrogen and oxygen atoms in total. The van der Waals surface area contributed by atoms with E-state index in [1.54, 1.807) is 18.4 Å². The van der Waals surface area contributed by atoms with Crippen molar-refractivity contribution in [2.75, 3.05) is 18.9 Å². The van der Waals surface area contributed by atoms with Crippen molar-refractivity contribution < 1.29 is 47.1 Å². The molecule has 2 heterocycles. The van der Waals surface area contributed by atoms with E-state index < -0.39 is 34.6 Å². The largest absolute Gasteiger partial charge is 0.481 e. The third-order valence-corrected chi connectivity index (χ3v) is 7.37. The van der Waals surface area contributed by atoms with Gasteiger partial charge in [-0.25, -0.2) is 19.1 Å². The molecular formula is C14H21N4O9P2S+. The smallest absolute Gasteiger partial charge is 0.388 e. The lowest BCUT2D eigenvalue weighted by Crippen LogP contribution is -2.42. The van der Waals surface area contributed by atoms with Crippen LogP contribution in [0.1, 0.15) is 31.8 Å². The number of anilines is 1. The Morgan fingerprint density at radius 1 is 1.30 bits per heavy atom. The molecule has 0 fully saturated rings. The second kappa shape index (κ2) is 9.69. The normalized spacial score (nSPS) is 13.9. The summed E-state index contributed by atoms with van der Waals surface area (Å²) in [4.78, 5) is 47.5. The zero-order valence-corrected chi connectivity index (χ0v) is 18.6. The summed E-state index contributed by atoms with van der Waals surface area (Å²) in [5.41, 5.74) is 7.06. The number of rotatable bonds is 10. The van der Waals surface area contributed by atoms with Crippen LogP contribution in [0.15, 0.2) is 6.20 Å². The number of hydrogen-bond donors (Lipinski definition) is 5. The number of phosphoric ester groups is 1. The first kappa shape index (κ1) is 24.7. The van der Waals surface area contributed by atoms with Crippen molar-refractivity contribution in [1.82, 2.24) is 9.97 Å². The Morgan fingerprint density at radius 2 is 1.97 bits per heavy atom. The molecule has 2 aromatic rings. The predicted octanol–water partition coefficient (Wildman–Crippen LogP) is 0.0167. The molecule has 0 bridgehead atoms. The number of Topliss-reactive ketones (excluding diaryl/α,β-unsaturated/α-hetero) is 1. The maximum atomic E-state index is 12.2. The third-order valence-electron chi connectivity index (χ3n) is 3.80. The number of phosphoric acid groups is 2. The number of nitrogens with zero attached hydrogens (tertiary/aromatic N) is 3. The van der Waals surface area contributed by atoms with Gasteiger partial charge in [0, 0.05) is 19.5 Å². The summed E-state index contributed by atoms with van der Waals surface area (Å²) in [5.74, 6) is 0.182. The van der Waals surface area contributed by atoms with E-state index in [4.69, 9.17) is 15.5 Å². The van der Waals surface area contributed by atoms with Gasteiger partial charge in [0.05, 0.1) is 17.0 Å². The van der Waals surface area contributed by atoms with Crippen LogP contribution in [-0.2, 0) is 30.9 Å². The van der Waals surface area contributed by atoms with Crippen LogP contribution in [0.25, 0.3) is 0 Å². The number of carbonyl (C=O) groups is 1. The van der Waals surface area contributed by atoms with Gasteiger partial charge >= 0.3 is 20.7 Å². The fourth-order valence-corrected chi connectivity index (χ4v) is 5.21. The minimum absolute atomic E-state index is 0.0319. The van der Waals surface area contributed by atoms with Gasteiger partial charge in [0.1, 0.15) is 18.2 Å². The maximum absolute atomic E-state index is 12.2. The Morgan fingerprint density at radius 3 is 2.53 bits per heavy atom. The SMILES string of the molecule is Cc1ncc(C[n+]2c(C(=O)CO)sc(CCOP(=O)(O)OP(=O)(O)O)c2C)c(N)n1. The van der Waals surface area contributed by atoms with E-state index in [-0.39, 0.29) is 23.8 Å². The maximum Gasteiger partial charge on any atom is 0.481 e. The summed E-state index contributed by atoms with van der Waals surface area (Å²) in [6, 6.07) is 0. The Bertz CT molecular complexity index is 1040. The fourth-order valence-electron chi connectivity index (χ4n) is 2.46. The number of aryl methyl sites for hydroxylation is 1. The molecule has 30 heavy (non-hydrogen) atoms. The van der Waals surface area contributed by atoms with Crippen LogP contribution < -0.4 is 10.3 Å². The highest BCUT2D eigenvalue weighted by atomic mass is 32.1. The molecule has 2 aromatic heterocycles. The van der Waals surface area contributed by atoms with Crippen LogP contribution in [0.4, 0.5) is 5.82 Å². The second-order valence-corrected chi connectivity index (χ2v) is 9.95. The summed E-state index contributed by atoms with van der Waals surface area (Å²) < 4.78 is 32.1. The van der Waals surface area contributed by atoms with E-state index in [9.17, 15) is 23.9 Å². The monoisotopic (exact) mass is 483 g/mol. The first-order valence-electron chi connectivity index (χ1n) is 8.31. The number of ketones is 1. The van der Waals surface area contributed by atoms with E-state index >= 15 is 0 Å². The second-order valence-electron chi connectivity index (χ2n) is 6.03. The van der Waals surface area contributed by atoms with Crippen molar-refractivity contribution >= 4 is 38.6 Å². The molecule has 0 saturated carbocycles. The minimum Gasteiger partial charge on any atom is -0.388 e. The number of thiazole rings is 1. The Kier molecular flexibility index (Phi) is 7.97. The highest BCUT2D eigenvalue weighted by Crippen LogP contribution is 2.57. The molecule has 0 amide bonds. The summed E-state index contributed by atoms with van der Waals surface area (Å²) in [6.45, 7) is 2.37. The van der Waals surface area contributed by atoms with Crippen molar-refractivity contribution in [3.05, 3.63) is 33.2 Å². The molecule has 166 valence electrons. The molecule has 0 aliphatic carbocycles. The van der Waals surface area contributed by atoms with Gasteiger partial charge in [-0.3, -0.25) is 9.32 Å². The molecule has 0 spiro atoms. The third kappa shape index (κ3) is 6.71. The average Bonchev–Trinajstić information content (AvgIpc) is 2.90. The molecule has 1 unspecified atom stereocenters. The van der Waals surface area contributed by atoms with Crippen LogP contribution in [0.5, 0.6) is 0 Å². The van der Waals surface area contributed by atoms with Gasteiger partial charge in [-0.05, 0) is 6.92 Å². The molecule has 0 radical (unpaired) electrons. The molecular weight excluding hydrogens is 462 g/mol. The molecule has 0 aliphatic rings. The van der Waals surface area contributed by atoms with E-state index in [2.05, 4.69) is 18.8 Å². The summed E-state index contributed by atoms with van der Waals surface area (Å²) in [5, 5.41) is 9.48. The number of nitrogen functional groups attached to an aromatic ring is 1. The molecule has 2 rings (SSSR count). The van der Waals surface area contributed by atoms with Gasteiger partial charge in [-0.15, -0.1) is 0 Å². The van der Waals surface area contributed by atoms with Crippen molar-refractivity contribution in [1.29, 1.82) is 0 Å². The van der Waals surface area contributed by atoms with E-state index in [1.807, 2.05) is 0 Å². The van der Waals surface area contributed by atoms with Crippen molar-refractivity contribution in [2.45, 2.75) is 26.8 Å². The molecule has 0 aliphatic heterocycles. The molecule has 0 aromatic carbocycles. The highest BCUT2D eigenvalue weighted by Gasteiger charge is 2.33. The standard InChI is InChI=1S/C14H20N4O9P2S/c1-8-12(3-4-26-29(24,25)27-28(21,22)23)30-14(11(20)7-19)18(8)6-10-5-16-9(2)17-13(10)15/h5,19H,3-4,6-7H2,1-2H3,(H4-,15,16,17,21,22,23,24,25)/p+1. The zero-order valence-electron chi connectivity index (χ0n) is 16.0. The molecule has 6 N–H and O–H groups in total. The Labute approximate surface area is 175 Å². The molecule has 1 atom stereocenters. The van der Waals surface area contributed by atoms with Gasteiger partial charge in [-0.2, -0.15) is 8.88 Å². The Hall–Kier alpha value is -1.60. The first-order chi connectivity index (χ1) is 13.8. The van der Waals surface area contributed by atoms with Gasteiger partial charge in [0.25, 0.3) is 5.78 Å². The van der Waals surface area contributed by atoms with Crippen molar-refractivity contribution in [3.8, 4) is 0 Å².